The molecule has 0 saturated carbocycles. The number of hydrogen-bond acceptors (Lipinski definition) is 15. The fraction of sp³-hybridized carbons (Fsp3) is 0.951. The maximum absolute atomic E-state index is 13.1. The van der Waals surface area contributed by atoms with E-state index in [0.717, 1.165) is 102 Å². The summed E-state index contributed by atoms with van der Waals surface area (Å²) in [5, 5.41) is 10.6. The van der Waals surface area contributed by atoms with Crippen LogP contribution in [0.3, 0.4) is 0 Å². The van der Waals surface area contributed by atoms with Gasteiger partial charge in [-0.2, -0.15) is 0 Å². The first kappa shape index (κ1) is 99.1. The van der Waals surface area contributed by atoms with Crippen LogP contribution in [0.2, 0.25) is 0 Å². The van der Waals surface area contributed by atoms with E-state index in [-0.39, 0.29) is 25.7 Å². The van der Waals surface area contributed by atoms with Crippen LogP contribution < -0.4 is 0 Å². The standard InChI is InChI=1S/C82H160O17P2/c1-7-10-12-14-16-18-20-22-24-26-28-30-32-34-36-38-40-47-54-60-66-81(86)98-77(70-92-79(84)64-58-52-46-39-37-35-33-31-29-27-25-23-21-19-17-15-13-11-8-2)72-96-100(88,89)94-68-76(83)69-95-101(90,91)97-73-78(71-93-80(85)65-59-53-49-43-44-50-56-62-74(4)5)99-82(87)67-61-55-48-42-41-45-51-57-63-75(6)9-3/h74-78,83H,7-73H2,1-6H3,(H,88,89)(H,90,91)/t75?,76-,77-,78-/m1/s1. The zero-order valence-corrected chi connectivity index (χ0v) is 68.0. The second kappa shape index (κ2) is 73.6. The van der Waals surface area contributed by atoms with E-state index in [2.05, 4.69) is 41.5 Å². The normalized spacial score (nSPS) is 14.2. The topological polar surface area (TPSA) is 237 Å². The number of aliphatic hydroxyl groups excluding tert-OH is 1. The van der Waals surface area contributed by atoms with Crippen molar-refractivity contribution in [3.63, 3.8) is 0 Å². The summed E-state index contributed by atoms with van der Waals surface area (Å²) in [6.45, 7) is 9.57. The molecule has 0 radical (unpaired) electrons. The van der Waals surface area contributed by atoms with Gasteiger partial charge in [-0.1, -0.05) is 382 Å². The minimum atomic E-state index is -4.96. The van der Waals surface area contributed by atoms with E-state index < -0.39 is 97.5 Å². The molecule has 0 aliphatic heterocycles. The maximum atomic E-state index is 13.1. The Labute approximate surface area is 619 Å². The van der Waals surface area contributed by atoms with Crippen LogP contribution in [-0.4, -0.2) is 96.7 Å². The van der Waals surface area contributed by atoms with Gasteiger partial charge in [-0.15, -0.1) is 0 Å². The molecule has 101 heavy (non-hydrogen) atoms. The molecule has 3 unspecified atom stereocenters. The zero-order chi connectivity index (χ0) is 74.2. The summed E-state index contributed by atoms with van der Waals surface area (Å²) in [5.41, 5.74) is 0. The molecule has 0 aromatic heterocycles. The highest BCUT2D eigenvalue weighted by Crippen LogP contribution is 2.45. The number of carbonyl (C=O) groups excluding carboxylic acids is 4. The largest absolute Gasteiger partial charge is 0.472 e. The molecular weight excluding hydrogens is 1320 g/mol. The summed E-state index contributed by atoms with van der Waals surface area (Å²) in [6.07, 6.45) is 64.1. The predicted octanol–water partition coefficient (Wildman–Crippen LogP) is 24.7. The Morgan fingerprint density at radius 3 is 0.752 bits per heavy atom. The van der Waals surface area contributed by atoms with E-state index in [1.165, 1.54) is 244 Å². The molecule has 0 spiro atoms. The number of unbranched alkanes of at least 4 members (excludes halogenated alkanes) is 50. The van der Waals surface area contributed by atoms with Gasteiger partial charge in [0, 0.05) is 25.7 Å². The Bertz CT molecular complexity index is 1940. The SMILES string of the molecule is CCCCCCCCCCCCCCCCCCCCCCC(=O)O[C@H](COC(=O)CCCCCCCCCCCCCCCCCCCCC)COP(=O)(O)OC[C@@H](O)COP(=O)(O)OC[C@@H](COC(=O)CCCCCCCCCC(C)C)OC(=O)CCCCCCCCCCC(C)CC. The second-order valence-electron chi connectivity index (χ2n) is 30.2. The fourth-order valence-electron chi connectivity index (χ4n) is 12.7. The summed E-state index contributed by atoms with van der Waals surface area (Å²) in [7, 11) is -9.92. The van der Waals surface area contributed by atoms with E-state index in [9.17, 15) is 43.2 Å². The number of rotatable bonds is 81. The van der Waals surface area contributed by atoms with Crippen LogP contribution in [0.1, 0.15) is 433 Å². The fourth-order valence-corrected chi connectivity index (χ4v) is 14.3. The molecule has 0 aromatic carbocycles. The lowest BCUT2D eigenvalue weighted by Gasteiger charge is -2.21. The molecule has 19 heteroatoms. The highest BCUT2D eigenvalue weighted by Gasteiger charge is 2.30. The average Bonchev–Trinajstić information content (AvgIpc) is 0.950. The number of aliphatic hydroxyl groups is 1. The monoisotopic (exact) mass is 1480 g/mol. The van der Waals surface area contributed by atoms with Gasteiger partial charge in [-0.3, -0.25) is 37.3 Å². The molecule has 0 saturated heterocycles. The van der Waals surface area contributed by atoms with Crippen LogP contribution in [0.4, 0.5) is 0 Å². The molecule has 0 rings (SSSR count). The van der Waals surface area contributed by atoms with Crippen molar-refractivity contribution in [2.75, 3.05) is 39.6 Å². The first-order chi connectivity index (χ1) is 48.9. The van der Waals surface area contributed by atoms with Crippen molar-refractivity contribution in [1.82, 2.24) is 0 Å². The molecule has 0 aliphatic carbocycles. The van der Waals surface area contributed by atoms with Gasteiger partial charge >= 0.3 is 39.5 Å². The Morgan fingerprint density at radius 2 is 0.505 bits per heavy atom. The Morgan fingerprint density at radius 1 is 0.287 bits per heavy atom. The van der Waals surface area contributed by atoms with Gasteiger partial charge in [0.15, 0.2) is 12.2 Å². The van der Waals surface area contributed by atoms with Gasteiger partial charge in [0.25, 0.3) is 0 Å². The molecule has 0 fully saturated rings. The minimum Gasteiger partial charge on any atom is -0.462 e. The lowest BCUT2D eigenvalue weighted by Crippen LogP contribution is -2.30. The van der Waals surface area contributed by atoms with Crippen molar-refractivity contribution in [1.29, 1.82) is 0 Å². The first-order valence-electron chi connectivity index (χ1n) is 42.5. The van der Waals surface area contributed by atoms with Crippen molar-refractivity contribution >= 4 is 39.5 Å². The Hall–Kier alpha value is -1.94. The lowest BCUT2D eigenvalue weighted by molar-refractivity contribution is -0.161. The maximum Gasteiger partial charge on any atom is 0.472 e. The molecule has 0 heterocycles. The summed E-state index contributed by atoms with van der Waals surface area (Å²) in [5.74, 6) is -0.637. The van der Waals surface area contributed by atoms with Gasteiger partial charge in [0.05, 0.1) is 26.4 Å². The summed E-state index contributed by atoms with van der Waals surface area (Å²) in [6, 6.07) is 0. The van der Waals surface area contributed by atoms with Crippen molar-refractivity contribution in [2.24, 2.45) is 11.8 Å². The van der Waals surface area contributed by atoms with Crippen LogP contribution in [0, 0.1) is 11.8 Å². The number of ether oxygens (including phenoxy) is 4. The second-order valence-corrected chi connectivity index (χ2v) is 33.1. The Kier molecular flexibility index (Phi) is 72.2. The third kappa shape index (κ3) is 74.7. The zero-order valence-electron chi connectivity index (χ0n) is 66.2. The highest BCUT2D eigenvalue weighted by molar-refractivity contribution is 7.47. The quantitative estimate of drug-likeness (QED) is 0.0222. The Balaban J connectivity index is 5.22. The molecule has 3 N–H and O–H groups in total. The van der Waals surface area contributed by atoms with E-state index in [4.69, 9.17) is 37.0 Å². The molecule has 0 bridgehead atoms. The van der Waals surface area contributed by atoms with Crippen LogP contribution in [0.15, 0.2) is 0 Å². The molecule has 0 aromatic rings. The van der Waals surface area contributed by atoms with Gasteiger partial charge in [-0.05, 0) is 37.5 Å². The molecule has 600 valence electrons. The van der Waals surface area contributed by atoms with Crippen molar-refractivity contribution < 1.29 is 80.2 Å². The first-order valence-corrected chi connectivity index (χ1v) is 45.5. The highest BCUT2D eigenvalue weighted by atomic mass is 31.2. The molecular formula is C82H160O17P2. The van der Waals surface area contributed by atoms with Crippen LogP contribution in [0.5, 0.6) is 0 Å². The van der Waals surface area contributed by atoms with Crippen molar-refractivity contribution in [2.45, 2.75) is 452 Å². The number of carbonyl (C=O) groups is 4. The molecule has 17 nitrogen and oxygen atoms in total. The summed E-state index contributed by atoms with van der Waals surface area (Å²) < 4.78 is 68.7. The summed E-state index contributed by atoms with van der Waals surface area (Å²) in [4.78, 5) is 73.0. The van der Waals surface area contributed by atoms with E-state index in [1.54, 1.807) is 0 Å². The van der Waals surface area contributed by atoms with Crippen molar-refractivity contribution in [3.8, 4) is 0 Å². The number of phosphoric acid groups is 2. The van der Waals surface area contributed by atoms with Crippen molar-refractivity contribution in [3.05, 3.63) is 0 Å². The van der Waals surface area contributed by atoms with Crippen LogP contribution in [-0.2, 0) is 65.4 Å². The van der Waals surface area contributed by atoms with Gasteiger partial charge in [0.2, 0.25) is 0 Å². The molecule has 0 amide bonds. The van der Waals surface area contributed by atoms with E-state index in [0.29, 0.717) is 31.6 Å². The number of hydrogen-bond donors (Lipinski definition) is 3. The predicted molar refractivity (Wildman–Crippen MR) is 414 cm³/mol. The molecule has 6 atom stereocenters. The van der Waals surface area contributed by atoms with Gasteiger partial charge in [-0.25, -0.2) is 9.13 Å². The lowest BCUT2D eigenvalue weighted by atomic mass is 9.99. The van der Waals surface area contributed by atoms with E-state index >= 15 is 0 Å². The van der Waals surface area contributed by atoms with E-state index in [1.807, 2.05) is 0 Å². The third-order valence-electron chi connectivity index (χ3n) is 19.6. The smallest absolute Gasteiger partial charge is 0.462 e. The van der Waals surface area contributed by atoms with Crippen LogP contribution in [0.25, 0.3) is 0 Å². The number of esters is 4. The third-order valence-corrected chi connectivity index (χ3v) is 21.5. The summed E-state index contributed by atoms with van der Waals surface area (Å²) >= 11 is 0. The van der Waals surface area contributed by atoms with Gasteiger partial charge < -0.3 is 33.8 Å². The van der Waals surface area contributed by atoms with Gasteiger partial charge in [0.1, 0.15) is 19.3 Å². The number of phosphoric ester groups is 2. The molecule has 0 aliphatic rings. The minimum absolute atomic E-state index is 0.105. The van der Waals surface area contributed by atoms with Crippen LogP contribution >= 0.6 is 15.6 Å². The average molecular weight is 1480 g/mol.